The first kappa shape index (κ1) is 21.6. The van der Waals surface area contributed by atoms with Crippen molar-refractivity contribution in [1.82, 2.24) is 15.0 Å². The maximum atomic E-state index is 11.9. The molecule has 2 aromatic carbocycles. The zero-order valence-electron chi connectivity index (χ0n) is 17.6. The van der Waals surface area contributed by atoms with E-state index in [-0.39, 0.29) is 5.75 Å². The molecule has 0 aliphatic rings. The maximum Gasteiger partial charge on any atom is 0.338 e. The fraction of sp³-hybridized carbons (Fsp3) is 0.435. The molecule has 1 aromatic heterocycles. The summed E-state index contributed by atoms with van der Waals surface area (Å²) in [6.45, 7) is 4.91. The molecule has 3 aromatic rings. The molecule has 0 aliphatic heterocycles. The molecule has 0 amide bonds. The standard InChI is InChI=1S/C23H29N3O4/c1-3-5-6-7-8-9-14-30-18-11-13-21(22(27)16-18)26-24-19-12-10-17(15-20(19)25-26)23(28)29-4-2/h10-13,15-16,27H,3-9,14H2,1-2H3. The second-order valence-electron chi connectivity index (χ2n) is 7.18. The van der Waals surface area contributed by atoms with Crippen molar-refractivity contribution in [2.75, 3.05) is 13.2 Å². The first-order valence-corrected chi connectivity index (χ1v) is 10.6. The molecule has 0 fully saturated rings. The Hall–Kier alpha value is -3.09. The van der Waals surface area contributed by atoms with Crippen LogP contribution in [-0.2, 0) is 4.74 Å². The summed E-state index contributed by atoms with van der Waals surface area (Å²) in [7, 11) is 0. The first-order chi connectivity index (χ1) is 14.6. The van der Waals surface area contributed by atoms with Crippen molar-refractivity contribution < 1.29 is 19.4 Å². The number of benzene rings is 2. The van der Waals surface area contributed by atoms with Crippen LogP contribution in [0.15, 0.2) is 36.4 Å². The van der Waals surface area contributed by atoms with Crippen molar-refractivity contribution in [3.63, 3.8) is 0 Å². The van der Waals surface area contributed by atoms with Crippen LogP contribution in [0.4, 0.5) is 0 Å². The number of esters is 1. The minimum absolute atomic E-state index is 0.0290. The van der Waals surface area contributed by atoms with Crippen LogP contribution in [0.5, 0.6) is 11.5 Å². The predicted molar refractivity (Wildman–Crippen MR) is 115 cm³/mol. The van der Waals surface area contributed by atoms with Crippen LogP contribution >= 0.6 is 0 Å². The van der Waals surface area contributed by atoms with E-state index >= 15 is 0 Å². The lowest BCUT2D eigenvalue weighted by Gasteiger charge is -2.08. The molecule has 0 radical (unpaired) electrons. The first-order valence-electron chi connectivity index (χ1n) is 10.6. The number of hydrogen-bond donors (Lipinski definition) is 1. The lowest BCUT2D eigenvalue weighted by molar-refractivity contribution is 0.0526. The normalized spacial score (nSPS) is 11.0. The summed E-state index contributed by atoms with van der Waals surface area (Å²) in [4.78, 5) is 13.3. The summed E-state index contributed by atoms with van der Waals surface area (Å²) in [5, 5.41) is 19.2. The van der Waals surface area contributed by atoms with Gasteiger partial charge in [-0.25, -0.2) is 4.79 Å². The van der Waals surface area contributed by atoms with Crippen LogP contribution in [0, 0.1) is 0 Å². The topological polar surface area (TPSA) is 86.5 Å². The molecule has 0 bridgehead atoms. The number of carbonyl (C=O) groups excluding carboxylic acids is 1. The van der Waals surface area contributed by atoms with Gasteiger partial charge in [-0.1, -0.05) is 39.0 Å². The second kappa shape index (κ2) is 10.6. The van der Waals surface area contributed by atoms with Gasteiger partial charge < -0.3 is 14.6 Å². The zero-order chi connectivity index (χ0) is 21.3. The number of nitrogens with zero attached hydrogens (tertiary/aromatic N) is 3. The number of carbonyl (C=O) groups is 1. The van der Waals surface area contributed by atoms with E-state index in [9.17, 15) is 9.90 Å². The Bertz CT molecular complexity index is 984. The predicted octanol–water partition coefficient (Wildman–Crippen LogP) is 5.04. The third-order valence-electron chi connectivity index (χ3n) is 4.82. The third kappa shape index (κ3) is 5.49. The average molecular weight is 412 g/mol. The van der Waals surface area contributed by atoms with Crippen molar-refractivity contribution in [2.24, 2.45) is 0 Å². The summed E-state index contributed by atoms with van der Waals surface area (Å²) >= 11 is 0. The molecule has 1 N–H and O–H groups in total. The molecular formula is C23H29N3O4. The molecule has 0 spiro atoms. The number of phenolic OH excluding ortho intramolecular Hbond substituents is 1. The minimum Gasteiger partial charge on any atom is -0.505 e. The van der Waals surface area contributed by atoms with Gasteiger partial charge >= 0.3 is 5.97 Å². The fourth-order valence-electron chi connectivity index (χ4n) is 3.20. The van der Waals surface area contributed by atoms with E-state index in [2.05, 4.69) is 17.1 Å². The molecule has 0 unspecified atom stereocenters. The molecule has 160 valence electrons. The van der Waals surface area contributed by atoms with E-state index in [0.29, 0.717) is 41.2 Å². The van der Waals surface area contributed by atoms with E-state index in [1.54, 1.807) is 43.3 Å². The molecular weight excluding hydrogens is 382 g/mol. The molecule has 1 heterocycles. The maximum absolute atomic E-state index is 11.9. The molecule has 30 heavy (non-hydrogen) atoms. The quantitative estimate of drug-likeness (QED) is 0.351. The number of aromatic hydroxyl groups is 1. The number of fused-ring (bicyclic) bond motifs is 1. The van der Waals surface area contributed by atoms with Gasteiger partial charge in [-0.3, -0.25) is 0 Å². The van der Waals surface area contributed by atoms with Gasteiger partial charge in [0.05, 0.1) is 18.8 Å². The summed E-state index contributed by atoms with van der Waals surface area (Å²) in [5.74, 6) is 0.246. The number of aromatic nitrogens is 3. The van der Waals surface area contributed by atoms with Gasteiger partial charge in [0.2, 0.25) is 0 Å². The minimum atomic E-state index is -0.399. The summed E-state index contributed by atoms with van der Waals surface area (Å²) in [5.41, 5.74) is 2.02. The van der Waals surface area contributed by atoms with Crippen LogP contribution in [0.1, 0.15) is 62.7 Å². The largest absolute Gasteiger partial charge is 0.505 e. The molecule has 0 saturated heterocycles. The van der Waals surface area contributed by atoms with Crippen molar-refractivity contribution in [2.45, 2.75) is 52.4 Å². The van der Waals surface area contributed by atoms with Crippen molar-refractivity contribution >= 4 is 17.0 Å². The van der Waals surface area contributed by atoms with E-state index in [4.69, 9.17) is 9.47 Å². The third-order valence-corrected chi connectivity index (χ3v) is 4.82. The SMILES string of the molecule is CCCCCCCCOc1ccc(-n2nc3ccc(C(=O)OCC)cc3n2)c(O)c1. The van der Waals surface area contributed by atoms with Crippen molar-refractivity contribution in [1.29, 1.82) is 0 Å². The molecule has 0 aliphatic carbocycles. The number of rotatable bonds is 11. The Morgan fingerprint density at radius 2 is 1.73 bits per heavy atom. The lowest BCUT2D eigenvalue weighted by atomic mass is 10.1. The highest BCUT2D eigenvalue weighted by Gasteiger charge is 2.13. The molecule has 0 atom stereocenters. The Kier molecular flexibility index (Phi) is 7.65. The molecule has 0 saturated carbocycles. The highest BCUT2D eigenvalue weighted by atomic mass is 16.5. The second-order valence-corrected chi connectivity index (χ2v) is 7.18. The summed E-state index contributed by atoms with van der Waals surface area (Å²) in [6.07, 6.45) is 7.20. The van der Waals surface area contributed by atoms with Gasteiger partial charge in [0.15, 0.2) is 0 Å². The highest BCUT2D eigenvalue weighted by molar-refractivity contribution is 5.93. The van der Waals surface area contributed by atoms with Gasteiger partial charge in [0.1, 0.15) is 28.2 Å². The molecule has 7 heteroatoms. The van der Waals surface area contributed by atoms with Gasteiger partial charge in [0, 0.05) is 6.07 Å². The number of hydrogen-bond acceptors (Lipinski definition) is 6. The van der Waals surface area contributed by atoms with Crippen LogP contribution in [0.25, 0.3) is 16.7 Å². The number of ether oxygens (including phenoxy) is 2. The van der Waals surface area contributed by atoms with E-state index in [1.165, 1.54) is 30.5 Å². The van der Waals surface area contributed by atoms with E-state index in [0.717, 1.165) is 12.8 Å². The molecule has 7 nitrogen and oxygen atoms in total. The van der Waals surface area contributed by atoms with Crippen LogP contribution in [-0.4, -0.2) is 39.3 Å². The zero-order valence-corrected chi connectivity index (χ0v) is 17.6. The highest BCUT2D eigenvalue weighted by Crippen LogP contribution is 2.27. The Morgan fingerprint density at radius 1 is 0.967 bits per heavy atom. The average Bonchev–Trinajstić information content (AvgIpc) is 3.16. The Labute approximate surface area is 176 Å². The van der Waals surface area contributed by atoms with Gasteiger partial charge in [-0.2, -0.15) is 0 Å². The van der Waals surface area contributed by atoms with Gasteiger partial charge in [-0.15, -0.1) is 15.0 Å². The van der Waals surface area contributed by atoms with Crippen LogP contribution < -0.4 is 4.74 Å². The summed E-state index contributed by atoms with van der Waals surface area (Å²) < 4.78 is 10.8. The summed E-state index contributed by atoms with van der Waals surface area (Å²) in [6, 6.07) is 10.1. The smallest absolute Gasteiger partial charge is 0.338 e. The lowest BCUT2D eigenvalue weighted by Crippen LogP contribution is -2.04. The van der Waals surface area contributed by atoms with Crippen LogP contribution in [0.3, 0.4) is 0 Å². The Balaban J connectivity index is 1.64. The van der Waals surface area contributed by atoms with Gasteiger partial charge in [0.25, 0.3) is 0 Å². The fourth-order valence-corrected chi connectivity index (χ4v) is 3.20. The molecule has 3 rings (SSSR count). The number of unbranched alkanes of at least 4 members (excludes halogenated alkanes) is 5. The van der Waals surface area contributed by atoms with E-state index < -0.39 is 5.97 Å². The van der Waals surface area contributed by atoms with Gasteiger partial charge in [-0.05, 0) is 43.7 Å². The number of phenols is 1. The van der Waals surface area contributed by atoms with Crippen molar-refractivity contribution in [3.05, 3.63) is 42.0 Å². The monoisotopic (exact) mass is 411 g/mol. The Morgan fingerprint density at radius 3 is 2.50 bits per heavy atom. The van der Waals surface area contributed by atoms with Crippen molar-refractivity contribution in [3.8, 4) is 17.2 Å². The van der Waals surface area contributed by atoms with Crippen LogP contribution in [0.2, 0.25) is 0 Å². The van der Waals surface area contributed by atoms with E-state index in [1.807, 2.05) is 0 Å².